The van der Waals surface area contributed by atoms with Gasteiger partial charge in [0.25, 0.3) is 5.91 Å². The second-order valence-corrected chi connectivity index (χ2v) is 5.49. The summed E-state index contributed by atoms with van der Waals surface area (Å²) < 4.78 is 5.10. The van der Waals surface area contributed by atoms with Crippen molar-refractivity contribution in [1.29, 1.82) is 0 Å². The molecule has 0 saturated carbocycles. The lowest BCUT2D eigenvalue weighted by Crippen LogP contribution is -2.21. The van der Waals surface area contributed by atoms with Crippen LogP contribution in [0.3, 0.4) is 0 Å². The fourth-order valence-electron chi connectivity index (χ4n) is 1.98. The summed E-state index contributed by atoms with van der Waals surface area (Å²) in [4.78, 5) is 28.5. The lowest BCUT2D eigenvalue weighted by Gasteiger charge is -1.97. The summed E-state index contributed by atoms with van der Waals surface area (Å²) in [6, 6.07) is 3.49. The van der Waals surface area contributed by atoms with Gasteiger partial charge in [-0.1, -0.05) is 11.3 Å². The number of carbonyl (C=O) groups excluding carboxylic acids is 2. The fraction of sp³-hybridized carbons (Fsp3) is 0.214. The number of aromatic nitrogens is 1. The van der Waals surface area contributed by atoms with Crippen molar-refractivity contribution in [1.82, 2.24) is 10.3 Å². The second kappa shape index (κ2) is 5.92. The molecule has 1 aliphatic rings. The normalized spacial score (nSPS) is 14.6. The average molecular weight is 303 g/mol. The topological polar surface area (TPSA) is 84.2 Å². The van der Waals surface area contributed by atoms with Crippen molar-refractivity contribution < 1.29 is 14.0 Å². The molecule has 2 amide bonds. The summed E-state index contributed by atoms with van der Waals surface area (Å²) in [5, 5.41) is 5.90. The van der Waals surface area contributed by atoms with Crippen molar-refractivity contribution in [3.8, 4) is 0 Å². The molecule has 0 spiro atoms. The van der Waals surface area contributed by atoms with Crippen LogP contribution in [-0.2, 0) is 11.2 Å². The number of rotatable bonds is 3. The Morgan fingerprint density at radius 1 is 1.52 bits per heavy atom. The Morgan fingerprint density at radius 3 is 3.24 bits per heavy atom. The number of hydrogen-bond donors (Lipinski definition) is 2. The molecule has 2 aromatic heterocycles. The predicted octanol–water partition coefficient (Wildman–Crippen LogP) is 2.06. The number of hydrogen-bond acceptors (Lipinski definition) is 5. The van der Waals surface area contributed by atoms with Crippen LogP contribution < -0.4 is 10.6 Å². The van der Waals surface area contributed by atoms with Crippen LogP contribution in [0.4, 0.5) is 5.13 Å². The zero-order valence-electron chi connectivity index (χ0n) is 11.1. The molecule has 21 heavy (non-hydrogen) atoms. The quantitative estimate of drug-likeness (QED) is 0.850. The molecule has 0 bridgehead atoms. The Balaban J connectivity index is 1.69. The number of carbonyl (C=O) groups is 2. The minimum absolute atomic E-state index is 0.119. The third-order valence-electron chi connectivity index (χ3n) is 2.95. The molecule has 2 aromatic rings. The summed E-state index contributed by atoms with van der Waals surface area (Å²) in [7, 11) is 0. The molecule has 3 rings (SSSR count). The number of anilines is 1. The van der Waals surface area contributed by atoms with Gasteiger partial charge in [-0.15, -0.1) is 0 Å². The van der Waals surface area contributed by atoms with E-state index in [1.807, 2.05) is 0 Å². The summed E-state index contributed by atoms with van der Waals surface area (Å²) >= 11 is 1.20. The van der Waals surface area contributed by atoms with Gasteiger partial charge in [-0.3, -0.25) is 14.9 Å². The van der Waals surface area contributed by atoms with Crippen molar-refractivity contribution in [3.05, 3.63) is 40.8 Å². The number of furan rings is 1. The Morgan fingerprint density at radius 2 is 2.43 bits per heavy atom. The van der Waals surface area contributed by atoms with Gasteiger partial charge in [0, 0.05) is 12.6 Å². The number of nitrogens with zero attached hydrogens (tertiary/aromatic N) is 1. The summed E-state index contributed by atoms with van der Waals surface area (Å²) in [6.07, 6.45) is 6.07. The highest BCUT2D eigenvalue weighted by molar-refractivity contribution is 7.17. The van der Waals surface area contributed by atoms with Gasteiger partial charge in [-0.25, -0.2) is 4.98 Å². The predicted molar refractivity (Wildman–Crippen MR) is 79.1 cm³/mol. The van der Waals surface area contributed by atoms with E-state index in [9.17, 15) is 9.59 Å². The number of fused-ring (bicyclic) bond motifs is 1. The van der Waals surface area contributed by atoms with Gasteiger partial charge in [0.05, 0.1) is 12.0 Å². The highest BCUT2D eigenvalue weighted by Crippen LogP contribution is 2.25. The van der Waals surface area contributed by atoms with Crippen LogP contribution in [0.25, 0.3) is 6.08 Å². The molecule has 0 saturated heterocycles. The van der Waals surface area contributed by atoms with Gasteiger partial charge in [0.1, 0.15) is 10.6 Å². The fourth-order valence-corrected chi connectivity index (χ4v) is 2.91. The lowest BCUT2D eigenvalue weighted by atomic mass is 10.2. The molecule has 0 fully saturated rings. The van der Waals surface area contributed by atoms with Crippen molar-refractivity contribution in [3.63, 3.8) is 0 Å². The monoisotopic (exact) mass is 303 g/mol. The van der Waals surface area contributed by atoms with Crippen LogP contribution >= 0.6 is 11.3 Å². The van der Waals surface area contributed by atoms with Crippen LogP contribution in [0.5, 0.6) is 0 Å². The Labute approximate surface area is 124 Å². The Hall–Kier alpha value is -2.41. The van der Waals surface area contributed by atoms with Gasteiger partial charge in [0.2, 0.25) is 5.91 Å². The van der Waals surface area contributed by atoms with E-state index in [-0.39, 0.29) is 11.8 Å². The molecule has 0 radical (unpaired) electrons. The van der Waals surface area contributed by atoms with Gasteiger partial charge >= 0.3 is 0 Å². The van der Waals surface area contributed by atoms with Crippen LogP contribution in [0.15, 0.2) is 28.9 Å². The average Bonchev–Trinajstić information content (AvgIpc) is 3.08. The third-order valence-corrected chi connectivity index (χ3v) is 3.96. The van der Waals surface area contributed by atoms with Gasteiger partial charge < -0.3 is 9.73 Å². The highest BCUT2D eigenvalue weighted by atomic mass is 32.1. The number of nitrogens with one attached hydrogen (secondary N) is 2. The highest BCUT2D eigenvalue weighted by Gasteiger charge is 2.20. The van der Waals surface area contributed by atoms with E-state index in [1.54, 1.807) is 18.2 Å². The van der Waals surface area contributed by atoms with Crippen LogP contribution in [0, 0.1) is 0 Å². The zero-order chi connectivity index (χ0) is 14.7. The van der Waals surface area contributed by atoms with Crippen molar-refractivity contribution in [2.45, 2.75) is 12.8 Å². The molecule has 108 valence electrons. The van der Waals surface area contributed by atoms with Crippen molar-refractivity contribution in [2.75, 3.05) is 11.9 Å². The number of aryl methyl sites for hydroxylation is 1. The minimum atomic E-state index is -0.310. The summed E-state index contributed by atoms with van der Waals surface area (Å²) in [5.74, 6) is 0.168. The number of thiazole rings is 1. The zero-order valence-corrected chi connectivity index (χ0v) is 11.9. The molecule has 6 nitrogen and oxygen atoms in total. The van der Waals surface area contributed by atoms with E-state index >= 15 is 0 Å². The standard InChI is InChI=1S/C14H13N3O3S/c18-11(6-5-9-3-2-8-20-9)17-14-16-10-4-1-7-15-13(19)12(10)21-14/h2-3,5-6,8H,1,4,7H2,(H,15,19)(H,16,17,18). The van der Waals surface area contributed by atoms with E-state index < -0.39 is 0 Å². The maximum absolute atomic E-state index is 11.8. The van der Waals surface area contributed by atoms with Crippen molar-refractivity contribution >= 4 is 34.4 Å². The van der Waals surface area contributed by atoms with E-state index in [4.69, 9.17) is 4.42 Å². The second-order valence-electron chi connectivity index (χ2n) is 4.49. The number of amides is 2. The van der Waals surface area contributed by atoms with Crippen LogP contribution in [0.2, 0.25) is 0 Å². The molecular weight excluding hydrogens is 290 g/mol. The first-order chi connectivity index (χ1) is 10.2. The molecule has 0 atom stereocenters. The first-order valence-corrected chi connectivity index (χ1v) is 7.34. The molecule has 3 heterocycles. The maximum Gasteiger partial charge on any atom is 0.263 e. The summed E-state index contributed by atoms with van der Waals surface area (Å²) in [5.41, 5.74) is 0.750. The van der Waals surface area contributed by atoms with Crippen LogP contribution in [-0.4, -0.2) is 23.3 Å². The van der Waals surface area contributed by atoms with E-state index in [0.29, 0.717) is 22.3 Å². The summed E-state index contributed by atoms with van der Waals surface area (Å²) in [6.45, 7) is 0.662. The van der Waals surface area contributed by atoms with E-state index in [1.165, 1.54) is 23.7 Å². The molecule has 1 aliphatic heterocycles. The molecular formula is C14H13N3O3S. The van der Waals surface area contributed by atoms with E-state index in [2.05, 4.69) is 15.6 Å². The largest absolute Gasteiger partial charge is 0.465 e. The minimum Gasteiger partial charge on any atom is -0.465 e. The Kier molecular flexibility index (Phi) is 3.83. The SMILES string of the molecule is O=C(C=Cc1ccco1)Nc1nc2c(s1)C(=O)NCCC2. The van der Waals surface area contributed by atoms with Gasteiger partial charge in [-0.2, -0.15) is 0 Å². The van der Waals surface area contributed by atoms with E-state index in [0.717, 1.165) is 18.5 Å². The first-order valence-electron chi connectivity index (χ1n) is 6.53. The maximum atomic E-state index is 11.8. The van der Waals surface area contributed by atoms with Gasteiger partial charge in [0.15, 0.2) is 5.13 Å². The van der Waals surface area contributed by atoms with Crippen LogP contribution in [0.1, 0.15) is 27.5 Å². The molecule has 2 N–H and O–H groups in total. The lowest BCUT2D eigenvalue weighted by molar-refractivity contribution is -0.111. The smallest absolute Gasteiger partial charge is 0.263 e. The van der Waals surface area contributed by atoms with Gasteiger partial charge in [-0.05, 0) is 31.1 Å². The molecule has 0 aromatic carbocycles. The van der Waals surface area contributed by atoms with Crippen molar-refractivity contribution in [2.24, 2.45) is 0 Å². The first kappa shape index (κ1) is 13.6. The molecule has 0 unspecified atom stereocenters. The third kappa shape index (κ3) is 3.19. The molecule has 7 heteroatoms. The Bertz CT molecular complexity index is 688. The molecule has 0 aliphatic carbocycles.